The van der Waals surface area contributed by atoms with Crippen LogP contribution in [0.25, 0.3) is 0 Å². The van der Waals surface area contributed by atoms with E-state index in [9.17, 15) is 9.59 Å². The summed E-state index contributed by atoms with van der Waals surface area (Å²) in [5.41, 5.74) is 7.06. The first kappa shape index (κ1) is 14.0. The topological polar surface area (TPSA) is 75.4 Å². The Kier molecular flexibility index (Phi) is 5.17. The zero-order chi connectivity index (χ0) is 13.5. The van der Waals surface area contributed by atoms with Gasteiger partial charge in [-0.15, -0.1) is 0 Å². The summed E-state index contributed by atoms with van der Waals surface area (Å²) in [6.45, 7) is 4.15. The van der Waals surface area contributed by atoms with Gasteiger partial charge in [-0.2, -0.15) is 0 Å². The molecule has 0 unspecified atom stereocenters. The molecule has 1 aromatic carbocycles. The van der Waals surface area contributed by atoms with Crippen LogP contribution in [-0.4, -0.2) is 24.9 Å². The van der Waals surface area contributed by atoms with Gasteiger partial charge in [0.05, 0.1) is 0 Å². The second kappa shape index (κ2) is 6.64. The van der Waals surface area contributed by atoms with Gasteiger partial charge in [0, 0.05) is 37.8 Å². The molecular weight excluding hydrogens is 230 g/mol. The van der Waals surface area contributed by atoms with Crippen molar-refractivity contribution in [3.63, 3.8) is 0 Å². The van der Waals surface area contributed by atoms with Crippen LogP contribution in [0, 0.1) is 0 Å². The Morgan fingerprint density at radius 3 is 2.39 bits per heavy atom. The maximum Gasteiger partial charge on any atom is 0.226 e. The first-order chi connectivity index (χ1) is 8.54. The summed E-state index contributed by atoms with van der Waals surface area (Å²) >= 11 is 0. The van der Waals surface area contributed by atoms with Crippen LogP contribution in [0.1, 0.15) is 20.3 Å². The van der Waals surface area contributed by atoms with Crippen LogP contribution in [0.5, 0.6) is 0 Å². The lowest BCUT2D eigenvalue weighted by Gasteiger charge is -2.22. The molecule has 3 N–H and O–H groups in total. The van der Waals surface area contributed by atoms with Crippen molar-refractivity contribution in [1.29, 1.82) is 0 Å². The van der Waals surface area contributed by atoms with Gasteiger partial charge in [-0.3, -0.25) is 9.59 Å². The minimum atomic E-state index is -0.101. The molecule has 5 nitrogen and oxygen atoms in total. The van der Waals surface area contributed by atoms with Gasteiger partial charge in [-0.1, -0.05) is 6.92 Å². The molecule has 5 heteroatoms. The van der Waals surface area contributed by atoms with Gasteiger partial charge in [0.2, 0.25) is 11.8 Å². The van der Waals surface area contributed by atoms with Gasteiger partial charge < -0.3 is 16.0 Å². The third-order valence-corrected chi connectivity index (χ3v) is 2.52. The molecule has 0 saturated heterocycles. The molecule has 0 aliphatic rings. The smallest absolute Gasteiger partial charge is 0.226 e. The van der Waals surface area contributed by atoms with E-state index in [1.165, 1.54) is 6.92 Å². The van der Waals surface area contributed by atoms with Gasteiger partial charge in [0.25, 0.3) is 0 Å². The number of nitrogens with zero attached hydrogens (tertiary/aromatic N) is 1. The quantitative estimate of drug-likeness (QED) is 0.769. The highest BCUT2D eigenvalue weighted by Gasteiger charge is 2.13. The molecule has 0 atom stereocenters. The van der Waals surface area contributed by atoms with Crippen molar-refractivity contribution >= 4 is 23.2 Å². The predicted molar refractivity (Wildman–Crippen MR) is 72.2 cm³/mol. The number of hydrogen-bond acceptors (Lipinski definition) is 3. The summed E-state index contributed by atoms with van der Waals surface area (Å²) in [7, 11) is 0. The summed E-state index contributed by atoms with van der Waals surface area (Å²) in [6, 6.07) is 7.11. The lowest BCUT2D eigenvalue weighted by atomic mass is 10.2. The Labute approximate surface area is 107 Å². The van der Waals surface area contributed by atoms with Crippen LogP contribution in [0.3, 0.4) is 0 Å². The number of benzene rings is 1. The Bertz CT molecular complexity index is 415. The zero-order valence-electron chi connectivity index (χ0n) is 10.8. The monoisotopic (exact) mass is 249 g/mol. The average Bonchev–Trinajstić information content (AvgIpc) is 2.35. The van der Waals surface area contributed by atoms with Gasteiger partial charge in [0.15, 0.2) is 0 Å². The van der Waals surface area contributed by atoms with E-state index >= 15 is 0 Å². The van der Waals surface area contributed by atoms with Crippen molar-refractivity contribution in [2.24, 2.45) is 0 Å². The highest BCUT2D eigenvalue weighted by molar-refractivity contribution is 5.93. The maximum atomic E-state index is 11.9. The number of carbonyl (C=O) groups is 2. The lowest BCUT2D eigenvalue weighted by molar-refractivity contribution is -0.120. The summed E-state index contributed by atoms with van der Waals surface area (Å²) in [6.07, 6.45) is 0.421. The number of hydrogen-bond donors (Lipinski definition) is 2. The van der Waals surface area contributed by atoms with Crippen molar-refractivity contribution in [3.8, 4) is 0 Å². The first-order valence-electron chi connectivity index (χ1n) is 5.95. The molecular formula is C13H19N3O2. The molecule has 0 saturated carbocycles. The number of nitrogens with one attached hydrogen (secondary N) is 1. The van der Waals surface area contributed by atoms with E-state index in [2.05, 4.69) is 5.32 Å². The van der Waals surface area contributed by atoms with Crippen LogP contribution in [0.4, 0.5) is 11.4 Å². The highest BCUT2D eigenvalue weighted by atomic mass is 16.2. The fourth-order valence-electron chi connectivity index (χ4n) is 1.59. The molecule has 98 valence electrons. The molecule has 2 amide bonds. The fraction of sp³-hybridized carbons (Fsp3) is 0.385. The predicted octanol–water partition coefficient (Wildman–Crippen LogP) is 1.15. The second-order valence-corrected chi connectivity index (χ2v) is 3.97. The second-order valence-electron chi connectivity index (χ2n) is 3.97. The van der Waals surface area contributed by atoms with Crippen LogP contribution in [0.2, 0.25) is 0 Å². The van der Waals surface area contributed by atoms with E-state index in [0.717, 1.165) is 5.69 Å². The lowest BCUT2D eigenvalue weighted by Crippen LogP contribution is -2.37. The summed E-state index contributed by atoms with van der Waals surface area (Å²) in [5.74, 6) is -0.0821. The molecule has 18 heavy (non-hydrogen) atoms. The van der Waals surface area contributed by atoms with E-state index in [4.69, 9.17) is 5.73 Å². The minimum absolute atomic E-state index is 0.0186. The zero-order valence-corrected chi connectivity index (χ0v) is 10.8. The van der Waals surface area contributed by atoms with E-state index in [-0.39, 0.29) is 11.8 Å². The molecule has 0 aliphatic carbocycles. The van der Waals surface area contributed by atoms with Gasteiger partial charge in [-0.25, -0.2) is 0 Å². The third-order valence-electron chi connectivity index (χ3n) is 2.52. The normalized spacial score (nSPS) is 9.89. The van der Waals surface area contributed by atoms with E-state index < -0.39 is 0 Å². The van der Waals surface area contributed by atoms with Crippen LogP contribution < -0.4 is 16.0 Å². The van der Waals surface area contributed by atoms with E-state index in [1.54, 1.807) is 29.2 Å². The van der Waals surface area contributed by atoms with E-state index in [1.807, 2.05) is 6.92 Å². The Morgan fingerprint density at radius 1 is 1.28 bits per heavy atom. The number of nitrogen functional groups attached to an aromatic ring is 1. The van der Waals surface area contributed by atoms with E-state index in [0.29, 0.717) is 25.2 Å². The van der Waals surface area contributed by atoms with Crippen molar-refractivity contribution in [2.75, 3.05) is 23.7 Å². The molecule has 0 spiro atoms. The summed E-state index contributed by atoms with van der Waals surface area (Å²) in [5, 5.41) is 2.68. The molecule has 1 rings (SSSR count). The molecule has 0 aromatic heterocycles. The average molecular weight is 249 g/mol. The SMILES string of the molecule is CCC(=O)N(CCNC(C)=O)c1ccc(N)cc1. The maximum absolute atomic E-state index is 11.9. The van der Waals surface area contributed by atoms with Crippen LogP contribution in [0.15, 0.2) is 24.3 Å². The third kappa shape index (κ3) is 4.08. The Hall–Kier alpha value is -2.04. The molecule has 0 heterocycles. The summed E-state index contributed by atoms with van der Waals surface area (Å²) in [4.78, 5) is 24.3. The number of carbonyl (C=O) groups excluding carboxylic acids is 2. The van der Waals surface area contributed by atoms with Gasteiger partial charge in [0.1, 0.15) is 0 Å². The number of amides is 2. The number of rotatable bonds is 5. The molecule has 0 aliphatic heterocycles. The molecule has 1 aromatic rings. The Balaban J connectivity index is 2.75. The molecule has 0 fully saturated rings. The minimum Gasteiger partial charge on any atom is -0.399 e. The largest absolute Gasteiger partial charge is 0.399 e. The number of anilines is 2. The fourth-order valence-corrected chi connectivity index (χ4v) is 1.59. The highest BCUT2D eigenvalue weighted by Crippen LogP contribution is 2.16. The molecule has 0 bridgehead atoms. The standard InChI is InChI=1S/C13H19N3O2/c1-3-13(18)16(9-8-15-10(2)17)12-6-4-11(14)5-7-12/h4-7H,3,8-9,14H2,1-2H3,(H,15,17). The van der Waals surface area contributed by atoms with Crippen molar-refractivity contribution in [3.05, 3.63) is 24.3 Å². The van der Waals surface area contributed by atoms with Crippen LogP contribution in [-0.2, 0) is 9.59 Å². The summed E-state index contributed by atoms with van der Waals surface area (Å²) < 4.78 is 0. The molecule has 0 radical (unpaired) electrons. The van der Waals surface area contributed by atoms with Gasteiger partial charge in [-0.05, 0) is 24.3 Å². The number of nitrogens with two attached hydrogens (primary N) is 1. The van der Waals surface area contributed by atoms with Crippen LogP contribution >= 0.6 is 0 Å². The van der Waals surface area contributed by atoms with Crippen molar-refractivity contribution in [1.82, 2.24) is 5.32 Å². The Morgan fingerprint density at radius 2 is 1.89 bits per heavy atom. The first-order valence-corrected chi connectivity index (χ1v) is 5.95. The van der Waals surface area contributed by atoms with Gasteiger partial charge >= 0.3 is 0 Å². The van der Waals surface area contributed by atoms with Crippen molar-refractivity contribution < 1.29 is 9.59 Å². The van der Waals surface area contributed by atoms with Crippen molar-refractivity contribution in [2.45, 2.75) is 20.3 Å².